The zero-order valence-corrected chi connectivity index (χ0v) is 18.4. The molecule has 1 heterocycles. The Morgan fingerprint density at radius 1 is 1.13 bits per heavy atom. The van der Waals surface area contributed by atoms with Gasteiger partial charge in [0.25, 0.3) is 11.8 Å². The molecule has 1 saturated heterocycles. The zero-order chi connectivity index (χ0) is 21.7. The van der Waals surface area contributed by atoms with Gasteiger partial charge >= 0.3 is 0 Å². The Balaban J connectivity index is 1.55. The third-order valence-corrected chi connectivity index (χ3v) is 5.44. The maximum atomic E-state index is 13.0. The van der Waals surface area contributed by atoms with Gasteiger partial charge in [0.1, 0.15) is 5.75 Å². The van der Waals surface area contributed by atoms with Crippen molar-refractivity contribution >= 4 is 11.8 Å². The third-order valence-electron chi connectivity index (χ3n) is 5.44. The molecule has 1 fully saturated rings. The molecule has 0 bridgehead atoms. The van der Waals surface area contributed by atoms with E-state index >= 15 is 0 Å². The first-order chi connectivity index (χ1) is 14.3. The van der Waals surface area contributed by atoms with Gasteiger partial charge in [-0.1, -0.05) is 17.7 Å². The molecule has 1 aliphatic rings. The molecule has 1 N–H and O–H groups in total. The lowest BCUT2D eigenvalue weighted by atomic mass is 9.97. The van der Waals surface area contributed by atoms with Gasteiger partial charge in [0.15, 0.2) is 0 Å². The fraction of sp³-hybridized carbons (Fsp3) is 0.440. The summed E-state index contributed by atoms with van der Waals surface area (Å²) in [6.45, 7) is 9.98. The number of nitrogens with one attached hydrogen (secondary N) is 1. The SMILES string of the molecule is Cc1ccc(C(=O)N2CCCC(COc3ccc(C(=O)NC(C)C)cc3)C2)c(C)c1. The van der Waals surface area contributed by atoms with E-state index in [2.05, 4.69) is 11.4 Å². The molecule has 160 valence electrons. The molecule has 3 rings (SSSR count). The topological polar surface area (TPSA) is 58.6 Å². The largest absolute Gasteiger partial charge is 0.493 e. The number of likely N-dealkylation sites (tertiary alicyclic amines) is 1. The standard InChI is InChI=1S/C25H32N2O3/c1-17(2)26-24(28)21-8-10-22(11-9-21)30-16-20-6-5-13-27(15-20)25(29)23-12-7-18(3)14-19(23)4/h7-12,14,17,20H,5-6,13,15-16H2,1-4H3,(H,26,28). The number of ether oxygens (including phenoxy) is 1. The van der Waals surface area contributed by atoms with Crippen LogP contribution in [0.4, 0.5) is 0 Å². The normalized spacial score (nSPS) is 16.4. The summed E-state index contributed by atoms with van der Waals surface area (Å²) in [7, 11) is 0. The maximum Gasteiger partial charge on any atom is 0.254 e. The molecule has 0 aromatic heterocycles. The first-order valence-corrected chi connectivity index (χ1v) is 10.7. The lowest BCUT2D eigenvalue weighted by Gasteiger charge is -2.33. The minimum atomic E-state index is -0.0793. The molecule has 0 radical (unpaired) electrons. The number of hydrogen-bond donors (Lipinski definition) is 1. The smallest absolute Gasteiger partial charge is 0.254 e. The maximum absolute atomic E-state index is 13.0. The molecule has 0 aliphatic carbocycles. The minimum absolute atomic E-state index is 0.0793. The molecular formula is C25H32N2O3. The minimum Gasteiger partial charge on any atom is -0.493 e. The Labute approximate surface area is 179 Å². The highest BCUT2D eigenvalue weighted by Gasteiger charge is 2.25. The van der Waals surface area contributed by atoms with E-state index in [1.165, 1.54) is 5.56 Å². The van der Waals surface area contributed by atoms with Crippen molar-refractivity contribution in [3.63, 3.8) is 0 Å². The predicted octanol–water partition coefficient (Wildman–Crippen LogP) is 4.37. The molecule has 0 spiro atoms. The van der Waals surface area contributed by atoms with E-state index in [1.807, 2.05) is 56.9 Å². The lowest BCUT2D eigenvalue weighted by molar-refractivity contribution is 0.0632. The fourth-order valence-corrected chi connectivity index (χ4v) is 3.87. The second-order valence-corrected chi connectivity index (χ2v) is 8.54. The van der Waals surface area contributed by atoms with Gasteiger partial charge in [-0.25, -0.2) is 0 Å². The number of piperidine rings is 1. The second-order valence-electron chi connectivity index (χ2n) is 8.54. The van der Waals surface area contributed by atoms with Crippen LogP contribution in [-0.2, 0) is 0 Å². The quantitative estimate of drug-likeness (QED) is 0.772. The van der Waals surface area contributed by atoms with Crippen LogP contribution in [0.1, 0.15) is 58.5 Å². The number of amides is 2. The highest BCUT2D eigenvalue weighted by Crippen LogP contribution is 2.22. The molecule has 5 nitrogen and oxygen atoms in total. The Hall–Kier alpha value is -2.82. The van der Waals surface area contributed by atoms with Crippen molar-refractivity contribution in [2.45, 2.75) is 46.6 Å². The molecule has 2 aromatic rings. The number of benzene rings is 2. The summed E-state index contributed by atoms with van der Waals surface area (Å²) in [5, 5.41) is 2.88. The van der Waals surface area contributed by atoms with E-state index in [9.17, 15) is 9.59 Å². The van der Waals surface area contributed by atoms with Crippen LogP contribution in [0.2, 0.25) is 0 Å². The number of nitrogens with zero attached hydrogens (tertiary/aromatic N) is 1. The van der Waals surface area contributed by atoms with Gasteiger partial charge < -0.3 is 15.0 Å². The lowest BCUT2D eigenvalue weighted by Crippen LogP contribution is -2.41. The number of carbonyl (C=O) groups excluding carboxylic acids is 2. The van der Waals surface area contributed by atoms with Crippen LogP contribution in [0.15, 0.2) is 42.5 Å². The van der Waals surface area contributed by atoms with Gasteiger partial charge in [0.2, 0.25) is 0 Å². The van der Waals surface area contributed by atoms with Crippen molar-refractivity contribution in [1.82, 2.24) is 10.2 Å². The van der Waals surface area contributed by atoms with Crippen molar-refractivity contribution in [3.8, 4) is 5.75 Å². The molecule has 2 aromatic carbocycles. The van der Waals surface area contributed by atoms with Crippen LogP contribution < -0.4 is 10.1 Å². The second kappa shape index (κ2) is 9.79. The number of aryl methyl sites for hydroxylation is 2. The van der Waals surface area contributed by atoms with Crippen LogP contribution in [0, 0.1) is 19.8 Å². The van der Waals surface area contributed by atoms with Crippen LogP contribution in [0.25, 0.3) is 0 Å². The first kappa shape index (κ1) is 21.9. The van der Waals surface area contributed by atoms with Gasteiger partial charge in [-0.15, -0.1) is 0 Å². The van der Waals surface area contributed by atoms with Gasteiger partial charge in [-0.3, -0.25) is 9.59 Å². The summed E-state index contributed by atoms with van der Waals surface area (Å²) in [6, 6.07) is 13.3. The molecule has 2 amide bonds. The number of carbonyl (C=O) groups is 2. The number of rotatable bonds is 6. The van der Waals surface area contributed by atoms with E-state index < -0.39 is 0 Å². The summed E-state index contributed by atoms with van der Waals surface area (Å²) in [5.74, 6) is 1.08. The Kier molecular flexibility index (Phi) is 7.14. The molecule has 0 saturated carbocycles. The van der Waals surface area contributed by atoms with Crippen LogP contribution in [0.5, 0.6) is 5.75 Å². The van der Waals surface area contributed by atoms with Crippen molar-refractivity contribution in [2.24, 2.45) is 5.92 Å². The highest BCUT2D eigenvalue weighted by atomic mass is 16.5. The van der Waals surface area contributed by atoms with E-state index in [-0.39, 0.29) is 17.9 Å². The van der Waals surface area contributed by atoms with Crippen LogP contribution >= 0.6 is 0 Å². The molecule has 5 heteroatoms. The van der Waals surface area contributed by atoms with E-state index in [4.69, 9.17) is 4.74 Å². The molecule has 30 heavy (non-hydrogen) atoms. The number of hydrogen-bond acceptors (Lipinski definition) is 3. The van der Waals surface area contributed by atoms with Crippen LogP contribution in [-0.4, -0.2) is 42.5 Å². The van der Waals surface area contributed by atoms with Gasteiger partial charge in [0.05, 0.1) is 6.61 Å². The zero-order valence-electron chi connectivity index (χ0n) is 18.4. The van der Waals surface area contributed by atoms with Gasteiger partial charge in [-0.2, -0.15) is 0 Å². The average molecular weight is 409 g/mol. The molecule has 1 aliphatic heterocycles. The van der Waals surface area contributed by atoms with Crippen molar-refractivity contribution < 1.29 is 14.3 Å². The van der Waals surface area contributed by atoms with Gasteiger partial charge in [0, 0.05) is 36.2 Å². The van der Waals surface area contributed by atoms with E-state index in [0.717, 1.165) is 36.3 Å². The Morgan fingerprint density at radius 3 is 2.53 bits per heavy atom. The third kappa shape index (κ3) is 5.62. The predicted molar refractivity (Wildman–Crippen MR) is 119 cm³/mol. The van der Waals surface area contributed by atoms with Crippen LogP contribution in [0.3, 0.4) is 0 Å². The summed E-state index contributed by atoms with van der Waals surface area (Å²) in [6.07, 6.45) is 2.03. The molecule has 1 unspecified atom stereocenters. The van der Waals surface area contributed by atoms with Crippen molar-refractivity contribution in [3.05, 3.63) is 64.7 Å². The molecular weight excluding hydrogens is 376 g/mol. The monoisotopic (exact) mass is 408 g/mol. The van der Waals surface area contributed by atoms with Gasteiger partial charge in [-0.05, 0) is 76.4 Å². The molecule has 1 atom stereocenters. The summed E-state index contributed by atoms with van der Waals surface area (Å²) in [4.78, 5) is 27.0. The summed E-state index contributed by atoms with van der Waals surface area (Å²) < 4.78 is 5.96. The summed E-state index contributed by atoms with van der Waals surface area (Å²) in [5.41, 5.74) is 3.61. The average Bonchev–Trinajstić information content (AvgIpc) is 2.72. The van der Waals surface area contributed by atoms with E-state index in [0.29, 0.717) is 24.6 Å². The van der Waals surface area contributed by atoms with Crippen molar-refractivity contribution in [2.75, 3.05) is 19.7 Å². The highest BCUT2D eigenvalue weighted by molar-refractivity contribution is 5.96. The Morgan fingerprint density at radius 2 is 1.87 bits per heavy atom. The van der Waals surface area contributed by atoms with E-state index in [1.54, 1.807) is 12.1 Å². The summed E-state index contributed by atoms with van der Waals surface area (Å²) >= 11 is 0. The Bertz CT molecular complexity index is 890. The fourth-order valence-electron chi connectivity index (χ4n) is 3.87. The first-order valence-electron chi connectivity index (χ1n) is 10.7. The van der Waals surface area contributed by atoms with Crippen molar-refractivity contribution in [1.29, 1.82) is 0 Å².